The number of urea groups is 1. The number of anilines is 3. The zero-order valence-electron chi connectivity index (χ0n) is 15.2. The molecule has 2 amide bonds. The highest BCUT2D eigenvalue weighted by atomic mass is 32.1. The average Bonchev–Trinajstić information content (AvgIpc) is 3.18. The molecule has 0 radical (unpaired) electrons. The third kappa shape index (κ3) is 4.13. The van der Waals surface area contributed by atoms with E-state index < -0.39 is 17.2 Å². The van der Waals surface area contributed by atoms with Crippen molar-refractivity contribution in [2.24, 2.45) is 0 Å². The molecule has 4 rings (SSSR count). The number of pyridine rings is 1. The van der Waals surface area contributed by atoms with E-state index >= 15 is 0 Å². The summed E-state index contributed by atoms with van der Waals surface area (Å²) in [4.78, 5) is 32.0. The first-order valence-corrected chi connectivity index (χ1v) is 9.25. The molecule has 4 N–H and O–H groups in total. The number of hydrogen-bond donors (Lipinski definition) is 3. The standard InChI is InChI=1S/C17H11F3N8O2S/c18-17(19,20)14-26-27-16(31-14)25-15(30)24-8-1-3-9(4-2-8)28-6-5-10(29)11-12(21)22-7-23-13(11)28/h1-7H,(H2,21,22,23)(H2,24,25,27,30). The summed E-state index contributed by atoms with van der Waals surface area (Å²) in [6, 6.07) is 6.95. The fourth-order valence-corrected chi connectivity index (χ4v) is 3.27. The van der Waals surface area contributed by atoms with Crippen LogP contribution in [0.4, 0.5) is 34.6 Å². The summed E-state index contributed by atoms with van der Waals surface area (Å²) >= 11 is 0.212. The smallest absolute Gasteiger partial charge is 0.383 e. The Balaban J connectivity index is 1.52. The van der Waals surface area contributed by atoms with Gasteiger partial charge in [0.25, 0.3) is 0 Å². The van der Waals surface area contributed by atoms with Crippen molar-refractivity contribution >= 4 is 45.0 Å². The van der Waals surface area contributed by atoms with Crippen LogP contribution in [0.15, 0.2) is 47.7 Å². The summed E-state index contributed by atoms with van der Waals surface area (Å²) < 4.78 is 39.3. The number of carbonyl (C=O) groups is 1. The predicted molar refractivity (Wildman–Crippen MR) is 107 cm³/mol. The van der Waals surface area contributed by atoms with Crippen molar-refractivity contribution in [3.63, 3.8) is 0 Å². The number of halogens is 3. The molecule has 0 aliphatic rings. The summed E-state index contributed by atoms with van der Waals surface area (Å²) in [5, 5.41) is 9.67. The maximum atomic E-state index is 12.6. The monoisotopic (exact) mass is 448 g/mol. The van der Waals surface area contributed by atoms with E-state index in [-0.39, 0.29) is 33.1 Å². The zero-order chi connectivity index (χ0) is 22.2. The fourth-order valence-electron chi connectivity index (χ4n) is 2.67. The minimum atomic E-state index is -4.63. The molecule has 10 nitrogen and oxygen atoms in total. The Morgan fingerprint density at radius 3 is 2.48 bits per heavy atom. The van der Waals surface area contributed by atoms with Gasteiger partial charge in [-0.2, -0.15) is 13.2 Å². The third-order valence-electron chi connectivity index (χ3n) is 4.00. The molecule has 0 saturated carbocycles. The summed E-state index contributed by atoms with van der Waals surface area (Å²) in [5.41, 5.74) is 6.76. The van der Waals surface area contributed by atoms with Gasteiger partial charge in [0.2, 0.25) is 10.1 Å². The number of carbonyl (C=O) groups excluding carboxylic acids is 1. The van der Waals surface area contributed by atoms with Crippen molar-refractivity contribution in [2.45, 2.75) is 6.18 Å². The van der Waals surface area contributed by atoms with E-state index in [1.807, 2.05) is 0 Å². The van der Waals surface area contributed by atoms with Crippen LogP contribution in [0.3, 0.4) is 0 Å². The van der Waals surface area contributed by atoms with Crippen LogP contribution in [0.5, 0.6) is 0 Å². The first kappa shape index (κ1) is 20.2. The Morgan fingerprint density at radius 2 is 1.81 bits per heavy atom. The Morgan fingerprint density at radius 1 is 1.06 bits per heavy atom. The molecule has 0 atom stereocenters. The lowest BCUT2D eigenvalue weighted by Crippen LogP contribution is -2.19. The summed E-state index contributed by atoms with van der Waals surface area (Å²) in [6.45, 7) is 0. The van der Waals surface area contributed by atoms with Crippen molar-refractivity contribution in [2.75, 3.05) is 16.4 Å². The summed E-state index contributed by atoms with van der Waals surface area (Å²) in [6.07, 6.45) is -1.86. The molecule has 0 saturated heterocycles. The number of nitrogens with two attached hydrogens (primary N) is 1. The Labute approximate surface area is 174 Å². The van der Waals surface area contributed by atoms with Gasteiger partial charge in [0.15, 0.2) is 11.1 Å². The van der Waals surface area contributed by atoms with Crippen molar-refractivity contribution in [3.05, 3.63) is 58.1 Å². The van der Waals surface area contributed by atoms with Gasteiger partial charge in [-0.1, -0.05) is 11.3 Å². The van der Waals surface area contributed by atoms with Crippen molar-refractivity contribution in [1.82, 2.24) is 24.7 Å². The molecule has 0 bridgehead atoms. The number of benzene rings is 1. The minimum Gasteiger partial charge on any atom is -0.383 e. The Bertz CT molecular complexity index is 1330. The molecule has 1 aromatic carbocycles. The highest BCUT2D eigenvalue weighted by Gasteiger charge is 2.35. The van der Waals surface area contributed by atoms with Crippen molar-refractivity contribution < 1.29 is 18.0 Å². The van der Waals surface area contributed by atoms with Gasteiger partial charge in [-0.15, -0.1) is 10.2 Å². The number of amides is 2. The predicted octanol–water partition coefficient (Wildman–Crippen LogP) is 2.88. The van der Waals surface area contributed by atoms with Crippen LogP contribution < -0.4 is 21.8 Å². The molecular weight excluding hydrogens is 437 g/mol. The molecule has 0 aliphatic heterocycles. The van der Waals surface area contributed by atoms with E-state index in [0.29, 0.717) is 17.0 Å². The molecule has 3 heterocycles. The van der Waals surface area contributed by atoms with Gasteiger partial charge in [0.05, 0.1) is 0 Å². The SMILES string of the molecule is Nc1ncnc2c1c(=O)ccn2-c1ccc(NC(=O)Nc2nnc(C(F)(F)F)s2)cc1. The lowest BCUT2D eigenvalue weighted by Gasteiger charge is -2.11. The first-order chi connectivity index (χ1) is 14.7. The van der Waals surface area contributed by atoms with Crippen LogP contribution in [0.25, 0.3) is 16.7 Å². The third-order valence-corrected chi connectivity index (χ3v) is 4.88. The molecule has 0 aliphatic carbocycles. The number of fused-ring (bicyclic) bond motifs is 1. The number of nitrogen functional groups attached to an aromatic ring is 1. The minimum absolute atomic E-state index is 0.0599. The van der Waals surface area contributed by atoms with Gasteiger partial charge in [-0.25, -0.2) is 14.8 Å². The number of hydrogen-bond acceptors (Lipinski definition) is 8. The molecule has 4 aromatic rings. The highest BCUT2D eigenvalue weighted by Crippen LogP contribution is 2.33. The van der Waals surface area contributed by atoms with Crippen LogP contribution in [0.1, 0.15) is 5.01 Å². The van der Waals surface area contributed by atoms with E-state index in [9.17, 15) is 22.8 Å². The normalized spacial score (nSPS) is 11.5. The molecule has 0 spiro atoms. The first-order valence-electron chi connectivity index (χ1n) is 8.43. The lowest BCUT2D eigenvalue weighted by atomic mass is 10.2. The molecule has 3 aromatic heterocycles. The number of alkyl halides is 3. The van der Waals surface area contributed by atoms with Gasteiger partial charge in [-0.3, -0.25) is 10.1 Å². The molecule has 14 heteroatoms. The van der Waals surface area contributed by atoms with Gasteiger partial charge < -0.3 is 15.6 Å². The summed E-state index contributed by atoms with van der Waals surface area (Å²) in [5.74, 6) is 0.0599. The van der Waals surface area contributed by atoms with Crippen LogP contribution in [0, 0.1) is 0 Å². The topological polar surface area (TPSA) is 141 Å². The number of nitrogens with one attached hydrogen (secondary N) is 2. The van der Waals surface area contributed by atoms with Crippen LogP contribution in [-0.4, -0.2) is 30.8 Å². The van der Waals surface area contributed by atoms with Gasteiger partial charge >= 0.3 is 12.2 Å². The second kappa shape index (κ2) is 7.64. The van der Waals surface area contributed by atoms with Crippen molar-refractivity contribution in [1.29, 1.82) is 0 Å². The van der Waals surface area contributed by atoms with E-state index in [4.69, 9.17) is 5.73 Å². The average molecular weight is 448 g/mol. The quantitative estimate of drug-likeness (QED) is 0.438. The number of aromatic nitrogens is 5. The van der Waals surface area contributed by atoms with Gasteiger partial charge in [0.1, 0.15) is 17.5 Å². The highest BCUT2D eigenvalue weighted by molar-refractivity contribution is 7.15. The van der Waals surface area contributed by atoms with E-state index in [1.54, 1.807) is 28.8 Å². The number of rotatable bonds is 3. The van der Waals surface area contributed by atoms with Crippen molar-refractivity contribution in [3.8, 4) is 5.69 Å². The van der Waals surface area contributed by atoms with Gasteiger partial charge in [-0.05, 0) is 24.3 Å². The Hall–Kier alpha value is -4.07. The molecule has 31 heavy (non-hydrogen) atoms. The second-order valence-corrected chi connectivity index (χ2v) is 7.02. The second-order valence-electron chi connectivity index (χ2n) is 6.04. The lowest BCUT2D eigenvalue weighted by molar-refractivity contribution is -0.138. The van der Waals surface area contributed by atoms with E-state index in [1.165, 1.54) is 18.6 Å². The zero-order valence-corrected chi connectivity index (χ0v) is 16.0. The fraction of sp³-hybridized carbons (Fsp3) is 0.0588. The van der Waals surface area contributed by atoms with Crippen LogP contribution in [-0.2, 0) is 6.18 Å². The summed E-state index contributed by atoms with van der Waals surface area (Å²) in [7, 11) is 0. The van der Waals surface area contributed by atoms with Crippen LogP contribution >= 0.6 is 11.3 Å². The molecular formula is C17H11F3N8O2S. The maximum absolute atomic E-state index is 12.6. The van der Waals surface area contributed by atoms with E-state index in [0.717, 1.165) is 0 Å². The van der Waals surface area contributed by atoms with Crippen LogP contribution in [0.2, 0.25) is 0 Å². The molecule has 158 valence electrons. The largest absolute Gasteiger partial charge is 0.445 e. The van der Waals surface area contributed by atoms with Gasteiger partial charge in [0, 0.05) is 23.6 Å². The molecule has 0 fully saturated rings. The maximum Gasteiger partial charge on any atom is 0.445 e. The molecule has 0 unspecified atom stereocenters. The number of nitrogens with zero attached hydrogens (tertiary/aromatic N) is 5. The van der Waals surface area contributed by atoms with E-state index in [2.05, 4.69) is 30.8 Å². The Kier molecular flexibility index (Phi) is 4.98.